The van der Waals surface area contributed by atoms with Gasteiger partial charge in [-0.2, -0.15) is 0 Å². The van der Waals surface area contributed by atoms with E-state index in [0.717, 1.165) is 26.7 Å². The normalized spacial score (nSPS) is 10.9. The Hall–Kier alpha value is -2.72. The number of thiophene rings is 1. The standard InChI is InChI=1S/C18H12N2OS/c21-18(16-11-13-5-1-2-9-15(13)22-16)20-14-8-3-6-12-7-4-10-19-17(12)14/h1-11H,(H,20,21). The predicted molar refractivity (Wildman–Crippen MR) is 91.5 cm³/mol. The molecule has 2 heterocycles. The van der Waals surface area contributed by atoms with E-state index in [1.807, 2.05) is 60.7 Å². The van der Waals surface area contributed by atoms with Gasteiger partial charge in [-0.15, -0.1) is 11.3 Å². The van der Waals surface area contributed by atoms with Crippen molar-refractivity contribution >= 4 is 43.9 Å². The largest absolute Gasteiger partial charge is 0.319 e. The molecule has 1 N–H and O–H groups in total. The van der Waals surface area contributed by atoms with Gasteiger partial charge >= 0.3 is 0 Å². The summed E-state index contributed by atoms with van der Waals surface area (Å²) in [6.45, 7) is 0. The molecule has 0 aliphatic heterocycles. The second-order valence-electron chi connectivity index (χ2n) is 4.98. The van der Waals surface area contributed by atoms with Crippen LogP contribution in [0.3, 0.4) is 0 Å². The van der Waals surface area contributed by atoms with E-state index < -0.39 is 0 Å². The number of aromatic nitrogens is 1. The van der Waals surface area contributed by atoms with Crippen LogP contribution in [0.4, 0.5) is 5.69 Å². The number of hydrogen-bond acceptors (Lipinski definition) is 3. The summed E-state index contributed by atoms with van der Waals surface area (Å²) in [5, 5.41) is 5.07. The molecule has 0 bridgehead atoms. The summed E-state index contributed by atoms with van der Waals surface area (Å²) in [6.07, 6.45) is 1.73. The first kappa shape index (κ1) is 13.0. The van der Waals surface area contributed by atoms with E-state index in [-0.39, 0.29) is 5.91 Å². The van der Waals surface area contributed by atoms with Gasteiger partial charge in [0.2, 0.25) is 0 Å². The van der Waals surface area contributed by atoms with E-state index >= 15 is 0 Å². The van der Waals surface area contributed by atoms with E-state index in [1.165, 1.54) is 11.3 Å². The monoisotopic (exact) mass is 304 g/mol. The molecule has 0 atom stereocenters. The molecule has 2 aromatic carbocycles. The Morgan fingerprint density at radius 2 is 1.77 bits per heavy atom. The lowest BCUT2D eigenvalue weighted by molar-refractivity contribution is 0.103. The molecular formula is C18H12N2OS. The number of rotatable bonds is 2. The molecule has 0 unspecified atom stereocenters. The molecule has 0 spiro atoms. The van der Waals surface area contributed by atoms with Crippen LogP contribution in [0.25, 0.3) is 21.0 Å². The molecule has 0 saturated heterocycles. The topological polar surface area (TPSA) is 42.0 Å². The lowest BCUT2D eigenvalue weighted by Gasteiger charge is -2.06. The highest BCUT2D eigenvalue weighted by Crippen LogP contribution is 2.27. The Morgan fingerprint density at radius 3 is 2.68 bits per heavy atom. The molecule has 4 heteroatoms. The minimum absolute atomic E-state index is 0.0978. The average Bonchev–Trinajstić information content (AvgIpc) is 2.99. The summed E-state index contributed by atoms with van der Waals surface area (Å²) in [5.41, 5.74) is 1.54. The molecular weight excluding hydrogens is 292 g/mol. The number of amides is 1. The van der Waals surface area contributed by atoms with E-state index in [4.69, 9.17) is 0 Å². The van der Waals surface area contributed by atoms with Crippen molar-refractivity contribution in [3.05, 3.63) is 71.7 Å². The number of nitrogens with zero attached hydrogens (tertiary/aromatic N) is 1. The van der Waals surface area contributed by atoms with Crippen molar-refractivity contribution in [3.8, 4) is 0 Å². The zero-order chi connectivity index (χ0) is 14.9. The molecule has 1 amide bonds. The highest BCUT2D eigenvalue weighted by molar-refractivity contribution is 7.20. The minimum Gasteiger partial charge on any atom is -0.319 e. The van der Waals surface area contributed by atoms with E-state index in [2.05, 4.69) is 10.3 Å². The molecule has 0 saturated carbocycles. The van der Waals surface area contributed by atoms with E-state index in [0.29, 0.717) is 4.88 Å². The molecule has 22 heavy (non-hydrogen) atoms. The molecule has 3 nitrogen and oxygen atoms in total. The van der Waals surface area contributed by atoms with Crippen LogP contribution in [0.1, 0.15) is 9.67 Å². The number of nitrogens with one attached hydrogen (secondary N) is 1. The number of para-hydroxylation sites is 1. The minimum atomic E-state index is -0.0978. The van der Waals surface area contributed by atoms with Crippen molar-refractivity contribution in [1.82, 2.24) is 4.98 Å². The van der Waals surface area contributed by atoms with Crippen LogP contribution in [-0.4, -0.2) is 10.9 Å². The second-order valence-corrected chi connectivity index (χ2v) is 6.07. The lowest BCUT2D eigenvalue weighted by atomic mass is 10.2. The summed E-state index contributed by atoms with van der Waals surface area (Å²) in [7, 11) is 0. The van der Waals surface area contributed by atoms with Gasteiger partial charge in [-0.1, -0.05) is 36.4 Å². The number of benzene rings is 2. The molecule has 0 aliphatic carbocycles. The molecule has 2 aromatic heterocycles. The maximum atomic E-state index is 12.5. The van der Waals surface area contributed by atoms with Crippen LogP contribution in [0.5, 0.6) is 0 Å². The highest BCUT2D eigenvalue weighted by atomic mass is 32.1. The van der Waals surface area contributed by atoms with Crippen LogP contribution in [0.15, 0.2) is 66.9 Å². The van der Waals surface area contributed by atoms with Gasteiger partial charge < -0.3 is 5.32 Å². The van der Waals surface area contributed by atoms with Gasteiger partial charge in [0.25, 0.3) is 5.91 Å². The van der Waals surface area contributed by atoms with Gasteiger partial charge in [0, 0.05) is 16.3 Å². The fourth-order valence-electron chi connectivity index (χ4n) is 2.48. The van der Waals surface area contributed by atoms with Gasteiger partial charge in [0.1, 0.15) is 0 Å². The quantitative estimate of drug-likeness (QED) is 0.583. The zero-order valence-corrected chi connectivity index (χ0v) is 12.4. The highest BCUT2D eigenvalue weighted by Gasteiger charge is 2.12. The lowest BCUT2D eigenvalue weighted by Crippen LogP contribution is -2.10. The van der Waals surface area contributed by atoms with E-state index in [1.54, 1.807) is 6.20 Å². The molecule has 4 rings (SSSR count). The van der Waals surface area contributed by atoms with Crippen molar-refractivity contribution in [2.24, 2.45) is 0 Å². The van der Waals surface area contributed by atoms with Crippen LogP contribution < -0.4 is 5.32 Å². The van der Waals surface area contributed by atoms with Gasteiger partial charge in [-0.25, -0.2) is 0 Å². The molecule has 0 aliphatic rings. The summed E-state index contributed by atoms with van der Waals surface area (Å²) < 4.78 is 1.11. The SMILES string of the molecule is O=C(Nc1cccc2cccnc12)c1cc2ccccc2s1. The molecule has 4 aromatic rings. The third-order valence-electron chi connectivity index (χ3n) is 3.53. The van der Waals surface area contributed by atoms with Gasteiger partial charge in [0.05, 0.1) is 16.1 Å². The predicted octanol–water partition coefficient (Wildman–Crippen LogP) is 4.70. The van der Waals surface area contributed by atoms with Crippen LogP contribution in [0, 0.1) is 0 Å². The van der Waals surface area contributed by atoms with Gasteiger partial charge in [-0.05, 0) is 29.7 Å². The first-order valence-electron chi connectivity index (χ1n) is 6.95. The Morgan fingerprint density at radius 1 is 0.955 bits per heavy atom. The first-order chi connectivity index (χ1) is 10.8. The third kappa shape index (κ3) is 2.23. The smallest absolute Gasteiger partial charge is 0.265 e. The molecule has 106 valence electrons. The summed E-state index contributed by atoms with van der Waals surface area (Å²) in [6, 6.07) is 19.6. The summed E-state index contributed by atoms with van der Waals surface area (Å²) in [4.78, 5) is 17.6. The van der Waals surface area contributed by atoms with Crippen LogP contribution in [-0.2, 0) is 0 Å². The fraction of sp³-hybridized carbons (Fsp3) is 0. The summed E-state index contributed by atoms with van der Waals surface area (Å²) in [5.74, 6) is -0.0978. The van der Waals surface area contributed by atoms with Gasteiger partial charge in [-0.3, -0.25) is 9.78 Å². The number of carbonyl (C=O) groups is 1. The molecule has 0 radical (unpaired) electrons. The number of fused-ring (bicyclic) bond motifs is 2. The maximum Gasteiger partial charge on any atom is 0.265 e. The molecule has 0 fully saturated rings. The number of carbonyl (C=O) groups excluding carboxylic acids is 1. The zero-order valence-electron chi connectivity index (χ0n) is 11.6. The third-order valence-corrected chi connectivity index (χ3v) is 4.65. The number of hydrogen-bond donors (Lipinski definition) is 1. The Kier molecular flexibility index (Phi) is 3.09. The van der Waals surface area contributed by atoms with Crippen molar-refractivity contribution in [2.75, 3.05) is 5.32 Å². The van der Waals surface area contributed by atoms with Gasteiger partial charge in [0.15, 0.2) is 0 Å². The number of anilines is 1. The van der Waals surface area contributed by atoms with Crippen LogP contribution >= 0.6 is 11.3 Å². The maximum absolute atomic E-state index is 12.5. The van der Waals surface area contributed by atoms with Crippen molar-refractivity contribution < 1.29 is 4.79 Å². The summed E-state index contributed by atoms with van der Waals surface area (Å²) >= 11 is 1.50. The van der Waals surface area contributed by atoms with Crippen molar-refractivity contribution in [1.29, 1.82) is 0 Å². The fourth-order valence-corrected chi connectivity index (χ4v) is 3.44. The first-order valence-corrected chi connectivity index (χ1v) is 7.76. The van der Waals surface area contributed by atoms with E-state index in [9.17, 15) is 4.79 Å². The Labute approximate surface area is 131 Å². The number of pyridine rings is 1. The van der Waals surface area contributed by atoms with Crippen molar-refractivity contribution in [2.45, 2.75) is 0 Å². The van der Waals surface area contributed by atoms with Crippen LogP contribution in [0.2, 0.25) is 0 Å². The second kappa shape index (κ2) is 5.24. The average molecular weight is 304 g/mol. The Balaban J connectivity index is 1.71. The Bertz CT molecular complexity index is 952. The van der Waals surface area contributed by atoms with Crippen molar-refractivity contribution in [3.63, 3.8) is 0 Å².